The van der Waals surface area contributed by atoms with Gasteiger partial charge in [-0.1, -0.05) is 18.2 Å². The number of rotatable bonds is 6. The summed E-state index contributed by atoms with van der Waals surface area (Å²) in [5.74, 6) is 0. The zero-order valence-electron chi connectivity index (χ0n) is 10.7. The minimum absolute atomic E-state index is 0.0721. The smallest absolute Gasteiger partial charge is 0.274 e. The highest BCUT2D eigenvalue weighted by Crippen LogP contribution is 2.24. The number of para-hydroxylation sites is 1. The summed E-state index contributed by atoms with van der Waals surface area (Å²) >= 11 is 0. The van der Waals surface area contributed by atoms with Crippen LogP contribution in [0.1, 0.15) is 18.5 Å². The first-order chi connectivity index (χ1) is 9.18. The summed E-state index contributed by atoms with van der Waals surface area (Å²) < 4.78 is 1.82. The molecule has 0 saturated carbocycles. The molecule has 100 valence electrons. The van der Waals surface area contributed by atoms with Crippen molar-refractivity contribution in [3.05, 3.63) is 58.4 Å². The van der Waals surface area contributed by atoms with E-state index in [1.54, 1.807) is 18.3 Å². The molecule has 0 aliphatic carbocycles. The van der Waals surface area contributed by atoms with Gasteiger partial charge in [0.15, 0.2) is 0 Å². The van der Waals surface area contributed by atoms with Crippen LogP contribution in [0.4, 0.5) is 5.69 Å². The van der Waals surface area contributed by atoms with Gasteiger partial charge >= 0.3 is 0 Å². The molecule has 0 aliphatic rings. The topological polar surface area (TPSA) is 73.0 Å². The fourth-order valence-corrected chi connectivity index (χ4v) is 1.96. The zero-order chi connectivity index (χ0) is 13.7. The molecule has 1 N–H and O–H groups in total. The summed E-state index contributed by atoms with van der Waals surface area (Å²) in [6.45, 7) is 3.36. The highest BCUT2D eigenvalue weighted by molar-refractivity contribution is 5.41. The van der Waals surface area contributed by atoms with E-state index in [0.717, 1.165) is 6.54 Å². The van der Waals surface area contributed by atoms with E-state index in [1.165, 1.54) is 6.07 Å². The molecule has 1 unspecified atom stereocenters. The molecule has 0 fully saturated rings. The average molecular weight is 260 g/mol. The molecule has 1 aromatic heterocycles. The van der Waals surface area contributed by atoms with Crippen LogP contribution < -0.4 is 5.32 Å². The van der Waals surface area contributed by atoms with Gasteiger partial charge in [-0.3, -0.25) is 14.8 Å². The number of hydrogen-bond donors (Lipinski definition) is 1. The van der Waals surface area contributed by atoms with Gasteiger partial charge in [-0.05, 0) is 13.0 Å². The van der Waals surface area contributed by atoms with Gasteiger partial charge in [-0.2, -0.15) is 5.10 Å². The van der Waals surface area contributed by atoms with E-state index in [0.29, 0.717) is 12.1 Å². The first-order valence-corrected chi connectivity index (χ1v) is 6.12. The van der Waals surface area contributed by atoms with Crippen molar-refractivity contribution in [1.29, 1.82) is 0 Å². The molecule has 19 heavy (non-hydrogen) atoms. The maximum Gasteiger partial charge on any atom is 0.274 e. The summed E-state index contributed by atoms with van der Waals surface area (Å²) in [6.07, 6.45) is 3.61. The average Bonchev–Trinajstić information content (AvgIpc) is 2.91. The van der Waals surface area contributed by atoms with Gasteiger partial charge in [-0.15, -0.1) is 0 Å². The lowest BCUT2D eigenvalue weighted by atomic mass is 10.1. The Hall–Kier alpha value is -2.21. The fourth-order valence-electron chi connectivity index (χ4n) is 1.96. The third-order valence-corrected chi connectivity index (χ3v) is 2.95. The van der Waals surface area contributed by atoms with Gasteiger partial charge in [0.1, 0.15) is 0 Å². The Labute approximate surface area is 111 Å². The molecule has 0 bridgehead atoms. The Morgan fingerprint density at radius 1 is 1.42 bits per heavy atom. The summed E-state index contributed by atoms with van der Waals surface area (Å²) in [4.78, 5) is 10.6. The third kappa shape index (κ3) is 3.38. The Balaban J connectivity index is 1.96. The second kappa shape index (κ2) is 6.10. The molecule has 0 saturated heterocycles. The molecule has 1 heterocycles. The second-order valence-electron chi connectivity index (χ2n) is 4.26. The zero-order valence-corrected chi connectivity index (χ0v) is 10.7. The first kappa shape index (κ1) is 13.2. The van der Waals surface area contributed by atoms with E-state index in [1.807, 2.05) is 29.9 Å². The summed E-state index contributed by atoms with van der Waals surface area (Å²) in [5, 5.41) is 18.3. The lowest BCUT2D eigenvalue weighted by molar-refractivity contribution is -0.385. The van der Waals surface area contributed by atoms with Crippen molar-refractivity contribution in [2.24, 2.45) is 0 Å². The molecule has 2 rings (SSSR count). The van der Waals surface area contributed by atoms with Crippen LogP contribution >= 0.6 is 0 Å². The van der Waals surface area contributed by atoms with Gasteiger partial charge < -0.3 is 5.32 Å². The number of hydrogen-bond acceptors (Lipinski definition) is 4. The van der Waals surface area contributed by atoms with Crippen molar-refractivity contribution in [1.82, 2.24) is 15.1 Å². The fraction of sp³-hybridized carbons (Fsp3) is 0.308. The molecule has 1 atom stereocenters. The second-order valence-corrected chi connectivity index (χ2v) is 4.26. The molecule has 0 radical (unpaired) electrons. The van der Waals surface area contributed by atoms with E-state index >= 15 is 0 Å². The van der Waals surface area contributed by atoms with E-state index in [-0.39, 0.29) is 16.7 Å². The van der Waals surface area contributed by atoms with Gasteiger partial charge in [0.2, 0.25) is 0 Å². The number of aromatic nitrogens is 2. The highest BCUT2D eigenvalue weighted by Gasteiger charge is 2.17. The van der Waals surface area contributed by atoms with Crippen LogP contribution in [0.2, 0.25) is 0 Å². The minimum Gasteiger partial charge on any atom is -0.308 e. The summed E-state index contributed by atoms with van der Waals surface area (Å²) in [5.41, 5.74) is 0.856. The van der Waals surface area contributed by atoms with Crippen molar-refractivity contribution in [2.75, 3.05) is 6.54 Å². The number of nitro groups is 1. The van der Waals surface area contributed by atoms with Gasteiger partial charge in [0.25, 0.3) is 5.69 Å². The van der Waals surface area contributed by atoms with E-state index in [9.17, 15) is 10.1 Å². The van der Waals surface area contributed by atoms with Crippen LogP contribution in [0.3, 0.4) is 0 Å². The Kier molecular flexibility index (Phi) is 4.25. The maximum absolute atomic E-state index is 11.0. The van der Waals surface area contributed by atoms with Crippen LogP contribution in [0.25, 0.3) is 0 Å². The van der Waals surface area contributed by atoms with Crippen LogP contribution in [-0.4, -0.2) is 21.2 Å². The number of nitro benzene ring substituents is 1. The molecule has 6 nitrogen and oxygen atoms in total. The van der Waals surface area contributed by atoms with Crippen molar-refractivity contribution in [2.45, 2.75) is 19.5 Å². The summed E-state index contributed by atoms with van der Waals surface area (Å²) in [7, 11) is 0. The van der Waals surface area contributed by atoms with E-state index < -0.39 is 0 Å². The molecule has 6 heteroatoms. The van der Waals surface area contributed by atoms with Crippen LogP contribution in [-0.2, 0) is 6.54 Å². The van der Waals surface area contributed by atoms with Gasteiger partial charge in [-0.25, -0.2) is 0 Å². The van der Waals surface area contributed by atoms with Crippen molar-refractivity contribution >= 4 is 5.69 Å². The summed E-state index contributed by atoms with van der Waals surface area (Å²) in [6, 6.07) is 8.60. The standard InChI is InChI=1S/C13H16N4O2/c1-11(14-8-10-16-9-4-7-15-16)12-5-2-3-6-13(12)17(18)19/h2-7,9,11,14H,8,10H2,1H3. The predicted molar refractivity (Wildman–Crippen MR) is 71.7 cm³/mol. The molecule has 1 aromatic carbocycles. The van der Waals surface area contributed by atoms with E-state index in [4.69, 9.17) is 0 Å². The predicted octanol–water partition coefficient (Wildman–Crippen LogP) is 2.14. The van der Waals surface area contributed by atoms with Crippen molar-refractivity contribution in [3.63, 3.8) is 0 Å². The SMILES string of the molecule is CC(NCCn1cccn1)c1ccccc1[N+](=O)[O-]. The van der Waals surface area contributed by atoms with Gasteiger partial charge in [0.05, 0.1) is 11.5 Å². The Morgan fingerprint density at radius 3 is 2.89 bits per heavy atom. The van der Waals surface area contributed by atoms with Crippen LogP contribution in [0, 0.1) is 10.1 Å². The molecule has 0 spiro atoms. The Bertz CT molecular complexity index is 539. The quantitative estimate of drug-likeness (QED) is 0.638. The largest absolute Gasteiger partial charge is 0.308 e. The molecular weight excluding hydrogens is 244 g/mol. The Morgan fingerprint density at radius 2 is 2.21 bits per heavy atom. The minimum atomic E-state index is -0.346. The van der Waals surface area contributed by atoms with Crippen molar-refractivity contribution < 1.29 is 4.92 Å². The molecular formula is C13H16N4O2. The normalized spacial score (nSPS) is 12.3. The third-order valence-electron chi connectivity index (χ3n) is 2.95. The van der Waals surface area contributed by atoms with Gasteiger partial charge in [0, 0.05) is 36.6 Å². The first-order valence-electron chi connectivity index (χ1n) is 6.12. The molecule has 0 aliphatic heterocycles. The lowest BCUT2D eigenvalue weighted by Crippen LogP contribution is -2.24. The molecule has 0 amide bonds. The number of benzene rings is 1. The van der Waals surface area contributed by atoms with Crippen molar-refractivity contribution in [3.8, 4) is 0 Å². The van der Waals surface area contributed by atoms with Crippen LogP contribution in [0.15, 0.2) is 42.7 Å². The van der Waals surface area contributed by atoms with E-state index in [2.05, 4.69) is 10.4 Å². The van der Waals surface area contributed by atoms with Crippen LogP contribution in [0.5, 0.6) is 0 Å². The number of nitrogens with zero attached hydrogens (tertiary/aromatic N) is 3. The molecule has 2 aromatic rings. The lowest BCUT2D eigenvalue weighted by Gasteiger charge is -2.14. The monoisotopic (exact) mass is 260 g/mol. The highest BCUT2D eigenvalue weighted by atomic mass is 16.6. The maximum atomic E-state index is 11.0. The number of nitrogens with one attached hydrogen (secondary N) is 1.